The maximum Gasteiger partial charge on any atom is 0.211 e. The molecule has 2 fully saturated rings. The topological polar surface area (TPSA) is 56.0 Å². The van der Waals surface area contributed by atoms with Crippen LogP contribution in [0.2, 0.25) is 0 Å². The van der Waals surface area contributed by atoms with Crippen molar-refractivity contribution in [1.29, 1.82) is 0 Å². The Morgan fingerprint density at radius 2 is 1.80 bits per heavy atom. The lowest BCUT2D eigenvalue weighted by Crippen LogP contribution is -2.53. The average Bonchev–Trinajstić information content (AvgIpc) is 3.31. The first kappa shape index (κ1) is 22.9. The van der Waals surface area contributed by atoms with Gasteiger partial charge in [-0.3, -0.25) is 19.2 Å². The van der Waals surface area contributed by atoms with Crippen molar-refractivity contribution >= 4 is 11.6 Å². The van der Waals surface area contributed by atoms with Crippen molar-refractivity contribution in [2.45, 2.75) is 50.7 Å². The van der Waals surface area contributed by atoms with E-state index in [1.54, 1.807) is 0 Å². The van der Waals surface area contributed by atoms with Gasteiger partial charge in [0, 0.05) is 57.4 Å². The van der Waals surface area contributed by atoms with E-state index in [-0.39, 0.29) is 0 Å². The van der Waals surface area contributed by atoms with Crippen LogP contribution in [0.5, 0.6) is 0 Å². The van der Waals surface area contributed by atoms with Gasteiger partial charge >= 0.3 is 0 Å². The van der Waals surface area contributed by atoms with Crippen LogP contribution in [0.4, 0.5) is 5.95 Å². The molecular formula is C27H38N8. The van der Waals surface area contributed by atoms with Gasteiger partial charge in [0.1, 0.15) is 5.65 Å². The highest BCUT2D eigenvalue weighted by Crippen LogP contribution is 2.32. The molecule has 8 nitrogen and oxygen atoms in total. The minimum Gasteiger partial charge on any atom is -0.339 e. The molecule has 1 atom stereocenters. The van der Waals surface area contributed by atoms with Gasteiger partial charge in [-0.05, 0) is 77.0 Å². The molecule has 0 spiro atoms. The molecule has 6 rings (SSSR count). The molecule has 3 aromatic rings. The van der Waals surface area contributed by atoms with Crippen LogP contribution in [-0.4, -0.2) is 93.5 Å². The summed E-state index contributed by atoms with van der Waals surface area (Å²) in [5, 5.41) is 0. The molecule has 2 saturated heterocycles. The highest BCUT2D eigenvalue weighted by Gasteiger charge is 2.28. The Morgan fingerprint density at radius 3 is 2.63 bits per heavy atom. The van der Waals surface area contributed by atoms with Crippen LogP contribution in [0.15, 0.2) is 36.8 Å². The van der Waals surface area contributed by atoms with Gasteiger partial charge in [0.15, 0.2) is 0 Å². The zero-order chi connectivity index (χ0) is 23.8. The molecule has 0 saturated carbocycles. The predicted molar refractivity (Wildman–Crippen MR) is 139 cm³/mol. The second-order valence-corrected chi connectivity index (χ2v) is 10.6. The molecule has 8 heteroatoms. The fourth-order valence-electron chi connectivity index (χ4n) is 6.29. The summed E-state index contributed by atoms with van der Waals surface area (Å²) in [6, 6.07) is 7.42. The Labute approximate surface area is 208 Å². The van der Waals surface area contributed by atoms with Gasteiger partial charge < -0.3 is 9.80 Å². The molecular weight excluding hydrogens is 436 g/mol. The van der Waals surface area contributed by atoms with Gasteiger partial charge in [-0.2, -0.15) is 0 Å². The second-order valence-electron chi connectivity index (χ2n) is 10.6. The zero-order valence-corrected chi connectivity index (χ0v) is 21.2. The van der Waals surface area contributed by atoms with E-state index < -0.39 is 0 Å². The Kier molecular flexibility index (Phi) is 6.43. The van der Waals surface area contributed by atoms with Crippen molar-refractivity contribution in [2.75, 3.05) is 58.3 Å². The Hall–Kier alpha value is -2.55. The van der Waals surface area contributed by atoms with Crippen molar-refractivity contribution in [3.8, 4) is 0 Å². The number of anilines is 1. The van der Waals surface area contributed by atoms with Gasteiger partial charge in [0.05, 0.1) is 17.4 Å². The van der Waals surface area contributed by atoms with Crippen LogP contribution >= 0.6 is 0 Å². The molecule has 0 amide bonds. The highest BCUT2D eigenvalue weighted by molar-refractivity contribution is 5.48. The number of fused-ring (bicyclic) bond motifs is 2. The number of hydrogen-bond donors (Lipinski definition) is 0. The molecule has 3 aromatic heterocycles. The number of pyridine rings is 1. The van der Waals surface area contributed by atoms with Crippen molar-refractivity contribution in [3.63, 3.8) is 0 Å². The number of likely N-dealkylation sites (tertiary alicyclic amines) is 1. The lowest BCUT2D eigenvalue weighted by molar-refractivity contribution is 0.115. The van der Waals surface area contributed by atoms with Crippen LogP contribution < -0.4 is 4.90 Å². The molecule has 0 bridgehead atoms. The Morgan fingerprint density at radius 1 is 0.971 bits per heavy atom. The first-order chi connectivity index (χ1) is 17.2. The monoisotopic (exact) mass is 474 g/mol. The Balaban J connectivity index is 1.15. The van der Waals surface area contributed by atoms with Crippen LogP contribution in [0.1, 0.15) is 48.7 Å². The van der Waals surface area contributed by atoms with Crippen LogP contribution in [0.25, 0.3) is 5.65 Å². The normalized spacial score (nSPS) is 22.7. The standard InChI is InChI=1S/C27H38N8/c1-31-13-9-23(10-14-31)33-15-17-34(18-16-33)27-29-12-8-25-30-22(20-35(25)27)19-32(2)24-7-3-5-21-6-4-11-28-26(21)24/h4,6,8,11-12,20,23-24H,3,5,7,9-10,13-19H2,1-2H3/t24-/m0/s1. The van der Waals surface area contributed by atoms with Crippen LogP contribution in [-0.2, 0) is 13.0 Å². The molecule has 3 aliphatic rings. The minimum atomic E-state index is 0.356. The molecule has 35 heavy (non-hydrogen) atoms. The smallest absolute Gasteiger partial charge is 0.211 e. The zero-order valence-electron chi connectivity index (χ0n) is 21.2. The quantitative estimate of drug-likeness (QED) is 0.564. The number of hydrogen-bond acceptors (Lipinski definition) is 7. The van der Waals surface area contributed by atoms with Gasteiger partial charge in [0.25, 0.3) is 0 Å². The van der Waals surface area contributed by atoms with Gasteiger partial charge in [-0.1, -0.05) is 6.07 Å². The lowest BCUT2D eigenvalue weighted by Gasteiger charge is -2.42. The summed E-state index contributed by atoms with van der Waals surface area (Å²) in [7, 11) is 4.45. The predicted octanol–water partition coefficient (Wildman–Crippen LogP) is 2.85. The number of piperidine rings is 1. The van der Waals surface area contributed by atoms with E-state index in [9.17, 15) is 0 Å². The third-order valence-electron chi connectivity index (χ3n) is 8.32. The van der Waals surface area contributed by atoms with E-state index in [2.05, 4.69) is 56.4 Å². The lowest BCUT2D eigenvalue weighted by atomic mass is 9.91. The summed E-state index contributed by atoms with van der Waals surface area (Å²) in [5.41, 5.74) is 4.72. The second kappa shape index (κ2) is 9.84. The molecule has 5 heterocycles. The fraction of sp³-hybridized carbons (Fsp3) is 0.593. The van der Waals surface area contributed by atoms with Crippen molar-refractivity contribution < 1.29 is 0 Å². The first-order valence-electron chi connectivity index (χ1n) is 13.3. The van der Waals surface area contributed by atoms with Crippen LogP contribution in [0.3, 0.4) is 0 Å². The SMILES string of the molecule is CN1CCC(N2CCN(c3nccc4nc(CN(C)[C@H]5CCCc6cccnc65)cn34)CC2)CC1. The summed E-state index contributed by atoms with van der Waals surface area (Å²) in [6.45, 7) is 7.54. The van der Waals surface area contributed by atoms with Crippen molar-refractivity contribution in [2.24, 2.45) is 0 Å². The number of aryl methyl sites for hydroxylation is 1. The number of piperazine rings is 1. The molecule has 1 aliphatic carbocycles. The Bertz CT molecular complexity index is 1140. The minimum absolute atomic E-state index is 0.356. The van der Waals surface area contributed by atoms with E-state index in [0.717, 1.165) is 68.9 Å². The summed E-state index contributed by atoms with van der Waals surface area (Å²) in [6.07, 6.45) is 12.1. The van der Waals surface area contributed by atoms with Crippen molar-refractivity contribution in [1.82, 2.24) is 34.1 Å². The number of aromatic nitrogens is 4. The molecule has 0 unspecified atom stereocenters. The molecule has 0 aromatic carbocycles. The molecule has 0 N–H and O–H groups in total. The molecule has 2 aliphatic heterocycles. The first-order valence-corrected chi connectivity index (χ1v) is 13.3. The third kappa shape index (κ3) is 4.67. The van der Waals surface area contributed by atoms with Crippen LogP contribution in [0, 0.1) is 0 Å². The molecule has 0 radical (unpaired) electrons. The van der Waals surface area contributed by atoms with Gasteiger partial charge in [-0.15, -0.1) is 0 Å². The summed E-state index contributed by atoms with van der Waals surface area (Å²) in [4.78, 5) is 24.5. The summed E-state index contributed by atoms with van der Waals surface area (Å²) in [5.74, 6) is 1.02. The molecule has 186 valence electrons. The van der Waals surface area contributed by atoms with E-state index >= 15 is 0 Å². The summed E-state index contributed by atoms with van der Waals surface area (Å²) >= 11 is 0. The van der Waals surface area contributed by atoms with Crippen molar-refractivity contribution in [3.05, 3.63) is 53.7 Å². The number of imidazole rings is 1. The van der Waals surface area contributed by atoms with Gasteiger partial charge in [0.2, 0.25) is 5.95 Å². The van der Waals surface area contributed by atoms with E-state index in [4.69, 9.17) is 15.0 Å². The maximum absolute atomic E-state index is 4.97. The number of rotatable bonds is 5. The highest BCUT2D eigenvalue weighted by atomic mass is 15.4. The summed E-state index contributed by atoms with van der Waals surface area (Å²) < 4.78 is 2.20. The third-order valence-corrected chi connectivity index (χ3v) is 8.32. The van der Waals surface area contributed by atoms with E-state index in [1.165, 1.54) is 43.6 Å². The fourth-order valence-corrected chi connectivity index (χ4v) is 6.29. The van der Waals surface area contributed by atoms with E-state index in [1.807, 2.05) is 18.5 Å². The number of nitrogens with zero attached hydrogens (tertiary/aromatic N) is 8. The van der Waals surface area contributed by atoms with Gasteiger partial charge in [-0.25, -0.2) is 9.97 Å². The maximum atomic E-state index is 4.97. The average molecular weight is 475 g/mol. The largest absolute Gasteiger partial charge is 0.339 e. The van der Waals surface area contributed by atoms with E-state index in [0.29, 0.717) is 6.04 Å².